The highest BCUT2D eigenvalue weighted by Gasteiger charge is 2.20. The van der Waals surface area contributed by atoms with E-state index in [4.69, 9.17) is 5.11 Å². The van der Waals surface area contributed by atoms with Gasteiger partial charge >= 0.3 is 0 Å². The number of benzene rings is 1. The number of hydrogen-bond acceptors (Lipinski definition) is 1. The number of aliphatic hydroxyl groups is 1. The lowest BCUT2D eigenvalue weighted by atomic mass is 10.1. The minimum atomic E-state index is 0.252. The quantitative estimate of drug-likeness (QED) is 0.745. The molecule has 0 atom stereocenters. The SMILES string of the molecule is OCCc1ccc(CC2CC2)cc1. The van der Waals surface area contributed by atoms with E-state index < -0.39 is 0 Å². The second-order valence-corrected chi connectivity index (χ2v) is 3.94. The molecule has 0 spiro atoms. The van der Waals surface area contributed by atoms with Crippen LogP contribution < -0.4 is 0 Å². The summed E-state index contributed by atoms with van der Waals surface area (Å²) in [6, 6.07) is 8.66. The molecule has 1 saturated carbocycles. The van der Waals surface area contributed by atoms with Crippen LogP contribution in [0, 0.1) is 5.92 Å². The Morgan fingerprint density at radius 3 is 2.23 bits per heavy atom. The topological polar surface area (TPSA) is 20.2 Å². The second-order valence-electron chi connectivity index (χ2n) is 3.94. The lowest BCUT2D eigenvalue weighted by Gasteiger charge is -2.01. The van der Waals surface area contributed by atoms with Crippen LogP contribution in [-0.2, 0) is 12.8 Å². The highest BCUT2D eigenvalue weighted by molar-refractivity contribution is 5.23. The monoisotopic (exact) mass is 176 g/mol. The molecule has 2 rings (SSSR count). The van der Waals surface area contributed by atoms with Crippen LogP contribution in [0.15, 0.2) is 24.3 Å². The Labute approximate surface area is 79.4 Å². The Bertz CT molecular complexity index is 259. The van der Waals surface area contributed by atoms with E-state index in [2.05, 4.69) is 24.3 Å². The van der Waals surface area contributed by atoms with Crippen LogP contribution in [0.25, 0.3) is 0 Å². The molecule has 0 saturated heterocycles. The maximum atomic E-state index is 8.74. The summed E-state index contributed by atoms with van der Waals surface area (Å²) in [5.74, 6) is 0.962. The third kappa shape index (κ3) is 2.56. The molecule has 1 aromatic carbocycles. The molecule has 0 heterocycles. The molecule has 70 valence electrons. The first-order valence-electron chi connectivity index (χ1n) is 5.07. The number of hydrogen-bond donors (Lipinski definition) is 1. The van der Waals surface area contributed by atoms with Crippen LogP contribution in [0.4, 0.5) is 0 Å². The molecule has 0 bridgehead atoms. The van der Waals surface area contributed by atoms with Crippen molar-refractivity contribution in [3.05, 3.63) is 35.4 Å². The van der Waals surface area contributed by atoms with E-state index in [0.29, 0.717) is 0 Å². The Kier molecular flexibility index (Phi) is 2.65. The summed E-state index contributed by atoms with van der Waals surface area (Å²) in [5, 5.41) is 8.74. The molecule has 1 heteroatoms. The molecule has 0 radical (unpaired) electrons. The molecule has 1 N–H and O–H groups in total. The highest BCUT2D eigenvalue weighted by Crippen LogP contribution is 2.32. The van der Waals surface area contributed by atoms with Crippen LogP contribution in [0.3, 0.4) is 0 Å². The van der Waals surface area contributed by atoms with Crippen molar-refractivity contribution in [2.75, 3.05) is 6.61 Å². The van der Waals surface area contributed by atoms with E-state index in [9.17, 15) is 0 Å². The van der Waals surface area contributed by atoms with Crippen LogP contribution in [0.2, 0.25) is 0 Å². The first-order chi connectivity index (χ1) is 6.38. The maximum absolute atomic E-state index is 8.74. The average Bonchev–Trinajstić information content (AvgIpc) is 2.93. The fourth-order valence-corrected chi connectivity index (χ4v) is 1.63. The van der Waals surface area contributed by atoms with Crippen molar-refractivity contribution < 1.29 is 5.11 Å². The summed E-state index contributed by atoms with van der Waals surface area (Å²) in [6.45, 7) is 0.252. The molecule has 0 aliphatic heterocycles. The van der Waals surface area contributed by atoms with Crippen molar-refractivity contribution in [1.82, 2.24) is 0 Å². The van der Waals surface area contributed by atoms with Crippen LogP contribution in [0.1, 0.15) is 24.0 Å². The van der Waals surface area contributed by atoms with Crippen molar-refractivity contribution in [1.29, 1.82) is 0 Å². The molecular weight excluding hydrogens is 160 g/mol. The Balaban J connectivity index is 1.95. The molecule has 1 nitrogen and oxygen atoms in total. The van der Waals surface area contributed by atoms with Gasteiger partial charge in [-0.25, -0.2) is 0 Å². The first-order valence-corrected chi connectivity index (χ1v) is 5.07. The van der Waals surface area contributed by atoms with Crippen LogP contribution >= 0.6 is 0 Å². The van der Waals surface area contributed by atoms with Crippen molar-refractivity contribution in [2.45, 2.75) is 25.7 Å². The van der Waals surface area contributed by atoms with E-state index >= 15 is 0 Å². The Morgan fingerprint density at radius 1 is 1.08 bits per heavy atom. The predicted molar refractivity (Wildman–Crippen MR) is 53.7 cm³/mol. The molecule has 0 amide bonds. The molecule has 13 heavy (non-hydrogen) atoms. The standard InChI is InChI=1S/C12H16O/c13-8-7-10-1-3-11(4-2-10)9-12-5-6-12/h1-4,12-13H,5-9H2. The zero-order chi connectivity index (χ0) is 9.10. The molecular formula is C12H16O. The molecule has 0 unspecified atom stereocenters. The van der Waals surface area contributed by atoms with Gasteiger partial charge in [0.15, 0.2) is 0 Å². The van der Waals surface area contributed by atoms with Gasteiger partial charge in [-0.05, 0) is 42.7 Å². The third-order valence-corrected chi connectivity index (χ3v) is 2.64. The van der Waals surface area contributed by atoms with Crippen molar-refractivity contribution in [3.8, 4) is 0 Å². The zero-order valence-corrected chi connectivity index (χ0v) is 7.87. The molecule has 0 aromatic heterocycles. The summed E-state index contributed by atoms with van der Waals surface area (Å²) in [5.41, 5.74) is 2.69. The average molecular weight is 176 g/mol. The van der Waals surface area contributed by atoms with Gasteiger partial charge in [0.25, 0.3) is 0 Å². The van der Waals surface area contributed by atoms with Gasteiger partial charge in [-0.15, -0.1) is 0 Å². The van der Waals surface area contributed by atoms with Crippen molar-refractivity contribution >= 4 is 0 Å². The summed E-state index contributed by atoms with van der Waals surface area (Å²) in [4.78, 5) is 0. The zero-order valence-electron chi connectivity index (χ0n) is 7.87. The van der Waals surface area contributed by atoms with Gasteiger partial charge in [-0.1, -0.05) is 24.3 Å². The predicted octanol–water partition coefficient (Wildman–Crippen LogP) is 2.17. The van der Waals surface area contributed by atoms with E-state index in [-0.39, 0.29) is 6.61 Å². The van der Waals surface area contributed by atoms with Crippen molar-refractivity contribution in [2.24, 2.45) is 5.92 Å². The summed E-state index contributed by atoms with van der Waals surface area (Å²) in [6.07, 6.45) is 4.86. The van der Waals surface area contributed by atoms with Gasteiger partial charge in [0.2, 0.25) is 0 Å². The lowest BCUT2D eigenvalue weighted by Crippen LogP contribution is -1.92. The minimum Gasteiger partial charge on any atom is -0.396 e. The van der Waals surface area contributed by atoms with E-state index in [1.807, 2.05) is 0 Å². The third-order valence-electron chi connectivity index (χ3n) is 2.64. The normalized spacial score (nSPS) is 16.1. The summed E-state index contributed by atoms with van der Waals surface area (Å²) < 4.78 is 0. The van der Waals surface area contributed by atoms with Crippen molar-refractivity contribution in [3.63, 3.8) is 0 Å². The lowest BCUT2D eigenvalue weighted by molar-refractivity contribution is 0.299. The second kappa shape index (κ2) is 3.93. The van der Waals surface area contributed by atoms with Gasteiger partial charge in [-0.2, -0.15) is 0 Å². The summed E-state index contributed by atoms with van der Waals surface area (Å²) in [7, 11) is 0. The van der Waals surface area contributed by atoms with Gasteiger partial charge < -0.3 is 5.11 Å². The fraction of sp³-hybridized carbons (Fsp3) is 0.500. The van der Waals surface area contributed by atoms with E-state index in [1.54, 1.807) is 0 Å². The molecule has 1 aliphatic carbocycles. The van der Waals surface area contributed by atoms with Gasteiger partial charge in [-0.3, -0.25) is 0 Å². The minimum absolute atomic E-state index is 0.252. The van der Waals surface area contributed by atoms with E-state index in [1.165, 1.54) is 30.4 Å². The smallest absolute Gasteiger partial charge is 0.0471 e. The van der Waals surface area contributed by atoms with Gasteiger partial charge in [0.1, 0.15) is 0 Å². The van der Waals surface area contributed by atoms with Gasteiger partial charge in [0.05, 0.1) is 0 Å². The largest absolute Gasteiger partial charge is 0.396 e. The highest BCUT2D eigenvalue weighted by atomic mass is 16.2. The fourth-order valence-electron chi connectivity index (χ4n) is 1.63. The van der Waals surface area contributed by atoms with Crippen LogP contribution in [0.5, 0.6) is 0 Å². The van der Waals surface area contributed by atoms with E-state index in [0.717, 1.165) is 12.3 Å². The summed E-state index contributed by atoms with van der Waals surface area (Å²) >= 11 is 0. The molecule has 1 aliphatic rings. The Hall–Kier alpha value is -0.820. The number of aliphatic hydroxyl groups excluding tert-OH is 1. The maximum Gasteiger partial charge on any atom is 0.0471 e. The number of rotatable bonds is 4. The van der Waals surface area contributed by atoms with Gasteiger partial charge in [0, 0.05) is 6.61 Å². The first kappa shape index (κ1) is 8.76. The van der Waals surface area contributed by atoms with Crippen LogP contribution in [-0.4, -0.2) is 11.7 Å². The molecule has 1 aromatic rings. The molecule has 1 fully saturated rings. The Morgan fingerprint density at radius 2 is 1.69 bits per heavy atom.